The van der Waals surface area contributed by atoms with Crippen LogP contribution < -0.4 is 15.7 Å². The first-order valence-corrected chi connectivity index (χ1v) is 14.8. The van der Waals surface area contributed by atoms with Crippen molar-refractivity contribution in [2.45, 2.75) is 51.8 Å². The number of benzene rings is 3. The van der Waals surface area contributed by atoms with E-state index in [1.54, 1.807) is 24.3 Å². The highest BCUT2D eigenvalue weighted by molar-refractivity contribution is 9.10. The van der Waals surface area contributed by atoms with Gasteiger partial charge in [0.15, 0.2) is 0 Å². The second kappa shape index (κ2) is 12.6. The van der Waals surface area contributed by atoms with Crippen LogP contribution in [0.2, 0.25) is 5.02 Å². The van der Waals surface area contributed by atoms with E-state index in [0.717, 1.165) is 5.56 Å². The standard InChI is InChI=1S/C31H29BrClF3N4O3/c1-19(2)43-23-11-9-22(10-12-23)40-27(29(41)37-17-20-6-4-3-5-7-20)26-18-38(14-15-39(26)30(40)42)28(31(34,35)36)21-8-13-24(32)25(33)16-21/h3-13,16,19,28H,14-15,17-18H2,1-2H3,(H,37,41). The quantitative estimate of drug-likeness (QED) is 0.221. The third-order valence-corrected chi connectivity index (χ3v) is 8.35. The number of aromatic nitrogens is 2. The van der Waals surface area contributed by atoms with Crippen LogP contribution in [0.1, 0.15) is 47.2 Å². The van der Waals surface area contributed by atoms with E-state index >= 15 is 0 Å². The van der Waals surface area contributed by atoms with Gasteiger partial charge in [-0.3, -0.25) is 18.8 Å². The van der Waals surface area contributed by atoms with Crippen molar-refractivity contribution >= 4 is 33.4 Å². The molecule has 1 amide bonds. The molecule has 0 saturated heterocycles. The van der Waals surface area contributed by atoms with Crippen LogP contribution in [0.25, 0.3) is 5.69 Å². The topological polar surface area (TPSA) is 68.5 Å². The van der Waals surface area contributed by atoms with Gasteiger partial charge in [0.2, 0.25) is 0 Å². The maximum atomic E-state index is 14.6. The van der Waals surface area contributed by atoms with Gasteiger partial charge in [0.25, 0.3) is 5.91 Å². The molecular formula is C31H29BrClF3N4O3. The molecule has 5 rings (SSSR count). The van der Waals surface area contributed by atoms with E-state index in [2.05, 4.69) is 21.2 Å². The van der Waals surface area contributed by atoms with E-state index in [4.69, 9.17) is 16.3 Å². The molecule has 2 heterocycles. The van der Waals surface area contributed by atoms with Gasteiger partial charge in [-0.1, -0.05) is 48.0 Å². The number of rotatable bonds is 8. The van der Waals surface area contributed by atoms with E-state index in [1.165, 1.54) is 32.2 Å². The molecule has 1 aromatic heterocycles. The number of carbonyl (C=O) groups is 1. The van der Waals surface area contributed by atoms with Crippen LogP contribution >= 0.6 is 27.5 Å². The van der Waals surface area contributed by atoms with Crippen LogP contribution in [0.15, 0.2) is 82.1 Å². The number of hydrogen-bond acceptors (Lipinski definition) is 4. The third-order valence-electron chi connectivity index (χ3n) is 7.12. The number of nitrogens with zero attached hydrogens (tertiary/aromatic N) is 3. The maximum absolute atomic E-state index is 14.6. The molecule has 43 heavy (non-hydrogen) atoms. The summed E-state index contributed by atoms with van der Waals surface area (Å²) >= 11 is 9.40. The molecule has 3 aromatic carbocycles. The number of imidazole rings is 1. The van der Waals surface area contributed by atoms with Crippen molar-refractivity contribution in [3.63, 3.8) is 0 Å². The van der Waals surface area contributed by atoms with Crippen molar-refractivity contribution in [1.29, 1.82) is 0 Å². The van der Waals surface area contributed by atoms with Crippen molar-refractivity contribution in [3.8, 4) is 11.4 Å². The summed E-state index contributed by atoms with van der Waals surface area (Å²) in [4.78, 5) is 28.7. The second-order valence-corrected chi connectivity index (χ2v) is 11.7. The van der Waals surface area contributed by atoms with Crippen molar-refractivity contribution in [2.75, 3.05) is 6.54 Å². The second-order valence-electron chi connectivity index (χ2n) is 10.5. The zero-order valence-corrected chi connectivity index (χ0v) is 25.7. The Bertz CT molecular complexity index is 1670. The Kier molecular flexibility index (Phi) is 9.05. The summed E-state index contributed by atoms with van der Waals surface area (Å²) < 4.78 is 52.6. The fourth-order valence-corrected chi connectivity index (χ4v) is 5.70. The van der Waals surface area contributed by atoms with Crippen LogP contribution in [0.3, 0.4) is 0 Å². The number of nitrogens with one attached hydrogen (secondary N) is 1. The van der Waals surface area contributed by atoms with Gasteiger partial charge in [0.1, 0.15) is 17.5 Å². The van der Waals surface area contributed by atoms with Gasteiger partial charge < -0.3 is 10.1 Å². The summed E-state index contributed by atoms with van der Waals surface area (Å²) in [6.07, 6.45) is -4.72. The monoisotopic (exact) mass is 676 g/mol. The summed E-state index contributed by atoms with van der Waals surface area (Å²) in [5.74, 6) is 0.00695. The Balaban J connectivity index is 1.57. The molecule has 7 nitrogen and oxygen atoms in total. The van der Waals surface area contributed by atoms with Crippen LogP contribution in [0.4, 0.5) is 13.2 Å². The van der Waals surface area contributed by atoms with E-state index < -0.39 is 23.8 Å². The minimum atomic E-state index is -4.65. The van der Waals surface area contributed by atoms with Crippen molar-refractivity contribution in [1.82, 2.24) is 19.4 Å². The molecule has 1 aliphatic rings. The summed E-state index contributed by atoms with van der Waals surface area (Å²) in [6, 6.07) is 18.0. The molecule has 1 unspecified atom stereocenters. The zero-order valence-electron chi connectivity index (χ0n) is 23.4. The highest BCUT2D eigenvalue weighted by Crippen LogP contribution is 2.41. The molecule has 0 aliphatic carbocycles. The van der Waals surface area contributed by atoms with E-state index in [0.29, 0.717) is 15.9 Å². The van der Waals surface area contributed by atoms with Gasteiger partial charge in [0, 0.05) is 30.7 Å². The van der Waals surface area contributed by atoms with Gasteiger partial charge in [-0.2, -0.15) is 13.2 Å². The van der Waals surface area contributed by atoms with Gasteiger partial charge in [-0.25, -0.2) is 4.79 Å². The summed E-state index contributed by atoms with van der Waals surface area (Å²) in [7, 11) is 0. The normalized spacial score (nSPS) is 14.4. The van der Waals surface area contributed by atoms with E-state index in [-0.39, 0.29) is 54.3 Å². The van der Waals surface area contributed by atoms with Gasteiger partial charge in [-0.05, 0) is 77.3 Å². The highest BCUT2D eigenvalue weighted by atomic mass is 79.9. The smallest absolute Gasteiger partial charge is 0.408 e. The Hall–Kier alpha value is -3.54. The summed E-state index contributed by atoms with van der Waals surface area (Å²) in [5.41, 5.74) is 0.865. The molecule has 0 radical (unpaired) electrons. The number of fused-ring (bicyclic) bond motifs is 1. The predicted octanol–water partition coefficient (Wildman–Crippen LogP) is 6.89. The highest BCUT2D eigenvalue weighted by Gasteiger charge is 2.46. The van der Waals surface area contributed by atoms with Gasteiger partial charge in [-0.15, -0.1) is 0 Å². The first kappa shape index (κ1) is 30.9. The molecule has 0 saturated carbocycles. The van der Waals surface area contributed by atoms with Crippen LogP contribution in [0, 0.1) is 0 Å². The molecule has 0 spiro atoms. The molecule has 4 aromatic rings. The van der Waals surface area contributed by atoms with Crippen LogP contribution in [-0.2, 0) is 19.6 Å². The Morgan fingerprint density at radius 2 is 1.74 bits per heavy atom. The Morgan fingerprint density at radius 3 is 2.37 bits per heavy atom. The molecule has 226 valence electrons. The number of carbonyl (C=O) groups excluding carboxylic acids is 1. The molecular weight excluding hydrogens is 649 g/mol. The SMILES string of the molecule is CC(C)Oc1ccc(-n2c(C(=O)NCc3ccccc3)c3n(c2=O)CCN(C(c2ccc(Br)c(Cl)c2)C(F)(F)F)C3)cc1. The third kappa shape index (κ3) is 6.68. The van der Waals surface area contributed by atoms with Crippen LogP contribution in [0.5, 0.6) is 5.75 Å². The molecule has 1 atom stereocenters. The molecule has 1 N–H and O–H groups in total. The lowest BCUT2D eigenvalue weighted by Gasteiger charge is -2.36. The minimum Gasteiger partial charge on any atom is -0.491 e. The minimum absolute atomic E-state index is 0.0158. The molecule has 0 fully saturated rings. The lowest BCUT2D eigenvalue weighted by atomic mass is 10.0. The predicted molar refractivity (Wildman–Crippen MR) is 162 cm³/mol. The fourth-order valence-electron chi connectivity index (χ4n) is 5.27. The van der Waals surface area contributed by atoms with Crippen molar-refractivity contribution < 1.29 is 22.7 Å². The summed E-state index contributed by atoms with van der Waals surface area (Å²) in [5, 5.41) is 3.00. The number of halogens is 5. The average Bonchev–Trinajstić information content (AvgIpc) is 3.25. The van der Waals surface area contributed by atoms with Crippen molar-refractivity contribution in [2.24, 2.45) is 0 Å². The fraction of sp³-hybridized carbons (Fsp3) is 0.290. The van der Waals surface area contributed by atoms with Crippen LogP contribution in [-0.4, -0.2) is 38.8 Å². The average molecular weight is 678 g/mol. The van der Waals surface area contributed by atoms with Gasteiger partial charge in [0.05, 0.1) is 22.5 Å². The zero-order chi connectivity index (χ0) is 30.9. The molecule has 0 bridgehead atoms. The number of amides is 1. The Labute approximate surface area is 260 Å². The Morgan fingerprint density at radius 1 is 1.05 bits per heavy atom. The maximum Gasteiger partial charge on any atom is 0.408 e. The summed E-state index contributed by atoms with van der Waals surface area (Å²) in [6.45, 7) is 3.55. The van der Waals surface area contributed by atoms with Crippen molar-refractivity contribution in [3.05, 3.63) is 115 Å². The lowest BCUT2D eigenvalue weighted by molar-refractivity contribution is -0.190. The first-order valence-electron chi connectivity index (χ1n) is 13.6. The first-order chi connectivity index (χ1) is 20.4. The van der Waals surface area contributed by atoms with E-state index in [1.807, 2.05) is 44.2 Å². The van der Waals surface area contributed by atoms with Gasteiger partial charge >= 0.3 is 11.9 Å². The number of alkyl halides is 3. The number of ether oxygens (including phenoxy) is 1. The largest absolute Gasteiger partial charge is 0.491 e. The van der Waals surface area contributed by atoms with E-state index in [9.17, 15) is 22.8 Å². The number of hydrogen-bond donors (Lipinski definition) is 1. The lowest BCUT2D eigenvalue weighted by Crippen LogP contribution is -2.44. The molecule has 1 aliphatic heterocycles. The molecule has 12 heteroatoms.